The zero-order valence-corrected chi connectivity index (χ0v) is 17.2. The molecule has 0 saturated heterocycles. The highest BCUT2D eigenvalue weighted by Gasteiger charge is 2.34. The van der Waals surface area contributed by atoms with Crippen molar-refractivity contribution in [1.82, 2.24) is 15.0 Å². The van der Waals surface area contributed by atoms with Crippen LogP contribution in [0.1, 0.15) is 63.0 Å². The van der Waals surface area contributed by atoms with E-state index in [9.17, 15) is 13.9 Å². The van der Waals surface area contributed by atoms with Crippen LogP contribution < -0.4 is 0 Å². The molecule has 1 aliphatic rings. The van der Waals surface area contributed by atoms with Crippen molar-refractivity contribution in [2.45, 2.75) is 57.0 Å². The lowest BCUT2D eigenvalue weighted by Crippen LogP contribution is -2.31. The fraction of sp³-hybridized carbons (Fsp3) is 0.375. The highest BCUT2D eigenvalue weighted by molar-refractivity contribution is 5.59. The zero-order valence-electron chi connectivity index (χ0n) is 17.2. The summed E-state index contributed by atoms with van der Waals surface area (Å²) >= 11 is 0. The molecule has 1 saturated carbocycles. The van der Waals surface area contributed by atoms with Crippen LogP contribution in [-0.4, -0.2) is 20.1 Å². The van der Waals surface area contributed by atoms with E-state index in [-0.39, 0.29) is 5.56 Å². The third kappa shape index (κ3) is 3.84. The summed E-state index contributed by atoms with van der Waals surface area (Å²) in [6, 6.07) is 13.5. The van der Waals surface area contributed by atoms with Crippen LogP contribution in [0.4, 0.5) is 8.78 Å². The Morgan fingerprint density at radius 1 is 0.833 bits per heavy atom. The Morgan fingerprint density at radius 2 is 1.50 bits per heavy atom. The van der Waals surface area contributed by atoms with Gasteiger partial charge in [-0.15, -0.1) is 0 Å². The van der Waals surface area contributed by atoms with Gasteiger partial charge in [0, 0.05) is 5.41 Å². The maximum absolute atomic E-state index is 14.2. The highest BCUT2D eigenvalue weighted by atomic mass is 19.1. The van der Waals surface area contributed by atoms with Gasteiger partial charge in [-0.3, -0.25) is 9.97 Å². The summed E-state index contributed by atoms with van der Waals surface area (Å²) in [5.74, 6) is -1.76. The lowest BCUT2D eigenvalue weighted by Gasteiger charge is -2.33. The molecule has 6 heteroatoms. The summed E-state index contributed by atoms with van der Waals surface area (Å²) in [5, 5.41) is 11.1. The summed E-state index contributed by atoms with van der Waals surface area (Å²) in [4.78, 5) is 12.7. The van der Waals surface area contributed by atoms with E-state index >= 15 is 0 Å². The van der Waals surface area contributed by atoms with Gasteiger partial charge in [0.25, 0.3) is 0 Å². The predicted octanol–water partition coefficient (Wildman–Crippen LogP) is 5.29. The molecule has 0 aliphatic heterocycles. The minimum absolute atomic E-state index is 0.146. The van der Waals surface area contributed by atoms with E-state index in [1.807, 2.05) is 38.1 Å². The molecule has 0 bridgehead atoms. The van der Waals surface area contributed by atoms with Gasteiger partial charge in [0.2, 0.25) is 11.9 Å². The Balaban J connectivity index is 1.71. The van der Waals surface area contributed by atoms with Crippen LogP contribution in [0.2, 0.25) is 0 Å². The molecule has 1 aliphatic carbocycles. The van der Waals surface area contributed by atoms with E-state index < -0.39 is 22.9 Å². The maximum atomic E-state index is 14.2. The molecule has 0 unspecified atom stereocenters. The lowest BCUT2D eigenvalue weighted by molar-refractivity contribution is -0.00489. The molecule has 0 atom stereocenters. The monoisotopic (exact) mass is 409 g/mol. The first-order valence-corrected chi connectivity index (χ1v) is 10.3. The largest absolute Gasteiger partial charge is 0.384 e. The van der Waals surface area contributed by atoms with Gasteiger partial charge in [0.15, 0.2) is 0 Å². The first kappa shape index (κ1) is 20.5. The van der Waals surface area contributed by atoms with Crippen molar-refractivity contribution in [3.63, 3.8) is 0 Å². The van der Waals surface area contributed by atoms with Crippen molar-refractivity contribution in [2.75, 3.05) is 0 Å². The molecule has 4 nitrogen and oxygen atoms in total. The van der Waals surface area contributed by atoms with Crippen molar-refractivity contribution in [2.24, 2.45) is 0 Å². The Kier molecular flexibility index (Phi) is 5.36. The standard InChI is InChI=1S/C24H25F2N3O/c1-23(2,19-10-7-11-20(28-19)24(30)14-4-3-5-15-24)18-9-6-8-17(27-18)16-12-13-21(25)29-22(16)26/h6-13,30H,3-5,14-15H2,1-2H3. The normalized spacial score (nSPS) is 16.4. The van der Waals surface area contributed by atoms with Crippen molar-refractivity contribution in [1.29, 1.82) is 0 Å². The summed E-state index contributed by atoms with van der Waals surface area (Å²) in [6.07, 6.45) is 4.56. The SMILES string of the molecule is CC(C)(c1cccc(-c2ccc(F)nc2F)n1)c1cccc(C2(O)CCCCC2)n1. The van der Waals surface area contributed by atoms with E-state index in [0.29, 0.717) is 29.9 Å². The highest BCUT2D eigenvalue weighted by Crippen LogP contribution is 2.38. The summed E-state index contributed by atoms with van der Waals surface area (Å²) in [6.45, 7) is 3.99. The second-order valence-electron chi connectivity index (χ2n) is 8.51. The van der Waals surface area contributed by atoms with Gasteiger partial charge in [0.05, 0.1) is 28.3 Å². The van der Waals surface area contributed by atoms with E-state index in [4.69, 9.17) is 4.98 Å². The average molecular weight is 409 g/mol. The van der Waals surface area contributed by atoms with Gasteiger partial charge in [-0.05, 0) is 63.1 Å². The minimum atomic E-state index is -0.892. The predicted molar refractivity (Wildman–Crippen MR) is 111 cm³/mol. The molecule has 1 fully saturated rings. The Bertz CT molecular complexity index is 1060. The van der Waals surface area contributed by atoms with Crippen molar-refractivity contribution >= 4 is 0 Å². The number of halogens is 2. The van der Waals surface area contributed by atoms with Crippen LogP contribution >= 0.6 is 0 Å². The van der Waals surface area contributed by atoms with E-state index in [1.54, 1.807) is 12.1 Å². The first-order valence-electron chi connectivity index (χ1n) is 10.3. The molecule has 0 spiro atoms. The van der Waals surface area contributed by atoms with Crippen molar-refractivity contribution in [3.05, 3.63) is 77.5 Å². The van der Waals surface area contributed by atoms with Crippen LogP contribution in [0.15, 0.2) is 48.5 Å². The topological polar surface area (TPSA) is 58.9 Å². The number of hydrogen-bond donors (Lipinski definition) is 1. The molecule has 4 rings (SSSR count). The molecular formula is C24H25F2N3O. The fourth-order valence-corrected chi connectivity index (χ4v) is 4.10. The number of hydrogen-bond acceptors (Lipinski definition) is 4. The molecule has 0 amide bonds. The zero-order chi connectivity index (χ0) is 21.4. The van der Waals surface area contributed by atoms with Gasteiger partial charge in [-0.2, -0.15) is 13.8 Å². The quantitative estimate of drug-likeness (QED) is 0.595. The Morgan fingerprint density at radius 3 is 2.20 bits per heavy atom. The second-order valence-corrected chi connectivity index (χ2v) is 8.51. The van der Waals surface area contributed by atoms with Crippen molar-refractivity contribution in [3.8, 4) is 11.3 Å². The van der Waals surface area contributed by atoms with Crippen LogP contribution in [-0.2, 0) is 11.0 Å². The molecular weight excluding hydrogens is 384 g/mol. The third-order valence-corrected chi connectivity index (χ3v) is 6.03. The number of aliphatic hydroxyl groups is 1. The summed E-state index contributed by atoms with van der Waals surface area (Å²) < 4.78 is 27.3. The Labute approximate surface area is 175 Å². The van der Waals surface area contributed by atoms with Crippen LogP contribution in [0.3, 0.4) is 0 Å². The molecule has 3 aromatic heterocycles. The minimum Gasteiger partial charge on any atom is -0.384 e. The van der Waals surface area contributed by atoms with Gasteiger partial charge < -0.3 is 5.11 Å². The third-order valence-electron chi connectivity index (χ3n) is 6.03. The molecule has 3 aromatic rings. The maximum Gasteiger partial charge on any atom is 0.224 e. The van der Waals surface area contributed by atoms with E-state index in [2.05, 4.69) is 9.97 Å². The van der Waals surface area contributed by atoms with Crippen molar-refractivity contribution < 1.29 is 13.9 Å². The molecule has 1 N–H and O–H groups in total. The molecule has 0 aromatic carbocycles. The second kappa shape index (κ2) is 7.84. The smallest absolute Gasteiger partial charge is 0.224 e. The van der Waals surface area contributed by atoms with Gasteiger partial charge in [0.1, 0.15) is 5.60 Å². The summed E-state index contributed by atoms with van der Waals surface area (Å²) in [7, 11) is 0. The van der Waals surface area contributed by atoms with E-state index in [0.717, 1.165) is 31.0 Å². The molecule has 3 heterocycles. The van der Waals surface area contributed by atoms with E-state index in [1.165, 1.54) is 6.07 Å². The Hall–Kier alpha value is -2.73. The van der Waals surface area contributed by atoms with Gasteiger partial charge in [-0.25, -0.2) is 0 Å². The van der Waals surface area contributed by atoms with Gasteiger partial charge in [-0.1, -0.05) is 31.4 Å². The summed E-state index contributed by atoms with van der Waals surface area (Å²) in [5.41, 5.74) is 1.23. The average Bonchev–Trinajstić information content (AvgIpc) is 2.74. The number of pyridine rings is 3. The number of nitrogens with zero attached hydrogens (tertiary/aromatic N) is 3. The van der Waals surface area contributed by atoms with Crippen LogP contribution in [0.5, 0.6) is 0 Å². The first-order chi connectivity index (χ1) is 14.3. The van der Waals surface area contributed by atoms with Gasteiger partial charge >= 0.3 is 0 Å². The van der Waals surface area contributed by atoms with Crippen LogP contribution in [0, 0.1) is 11.9 Å². The lowest BCUT2D eigenvalue weighted by atomic mass is 9.80. The molecule has 0 radical (unpaired) electrons. The number of aromatic nitrogens is 3. The molecule has 30 heavy (non-hydrogen) atoms. The number of rotatable bonds is 4. The fourth-order valence-electron chi connectivity index (χ4n) is 4.10. The van der Waals surface area contributed by atoms with Crippen LogP contribution in [0.25, 0.3) is 11.3 Å². The molecule has 156 valence electrons.